The maximum Gasteiger partial charge on any atom is 0.246 e. The maximum atomic E-state index is 12.2. The number of aromatic nitrogens is 2. The van der Waals surface area contributed by atoms with Crippen molar-refractivity contribution in [2.45, 2.75) is 30.7 Å². The van der Waals surface area contributed by atoms with Crippen LogP contribution >= 0.6 is 11.6 Å². The lowest BCUT2D eigenvalue weighted by Crippen LogP contribution is -2.27. The molecule has 2 heterocycles. The first kappa shape index (κ1) is 12.9. The minimum atomic E-state index is -3.33. The molecular formula is C10H16ClN3O2S. The van der Waals surface area contributed by atoms with Crippen molar-refractivity contribution in [2.24, 2.45) is 0 Å². The molecule has 0 atom stereocenters. The van der Waals surface area contributed by atoms with E-state index in [0.29, 0.717) is 25.5 Å². The fraction of sp³-hybridized carbons (Fsp3) is 0.700. The van der Waals surface area contributed by atoms with Crippen molar-refractivity contribution in [3.05, 3.63) is 12.4 Å². The van der Waals surface area contributed by atoms with E-state index in [9.17, 15) is 8.42 Å². The summed E-state index contributed by atoms with van der Waals surface area (Å²) in [6.07, 6.45) is 5.67. The first-order valence-corrected chi connectivity index (χ1v) is 7.70. The van der Waals surface area contributed by atoms with Crippen LogP contribution in [0.15, 0.2) is 17.3 Å². The Labute approximate surface area is 106 Å². The molecule has 1 aliphatic heterocycles. The van der Waals surface area contributed by atoms with Gasteiger partial charge in [-0.25, -0.2) is 8.42 Å². The Morgan fingerprint density at radius 1 is 1.35 bits per heavy atom. The molecule has 0 amide bonds. The molecule has 1 aromatic rings. The molecule has 17 heavy (non-hydrogen) atoms. The van der Waals surface area contributed by atoms with Gasteiger partial charge in [-0.3, -0.25) is 4.68 Å². The van der Waals surface area contributed by atoms with Crippen LogP contribution < -0.4 is 0 Å². The van der Waals surface area contributed by atoms with Gasteiger partial charge in [0.25, 0.3) is 0 Å². The summed E-state index contributed by atoms with van der Waals surface area (Å²) in [7, 11) is -3.33. The van der Waals surface area contributed by atoms with Crippen LogP contribution in [0.3, 0.4) is 0 Å². The van der Waals surface area contributed by atoms with E-state index in [1.807, 2.05) is 0 Å². The zero-order chi connectivity index (χ0) is 12.3. The second-order valence-corrected chi connectivity index (χ2v) is 6.41. The average Bonchev–Trinajstić information content (AvgIpc) is 2.97. The molecule has 0 spiro atoms. The van der Waals surface area contributed by atoms with E-state index in [0.717, 1.165) is 19.3 Å². The Hall–Kier alpha value is -0.590. The minimum Gasteiger partial charge on any atom is -0.271 e. The van der Waals surface area contributed by atoms with Gasteiger partial charge in [0.2, 0.25) is 10.0 Å². The number of halogens is 1. The van der Waals surface area contributed by atoms with Crippen molar-refractivity contribution in [1.82, 2.24) is 14.1 Å². The molecule has 0 bridgehead atoms. The van der Waals surface area contributed by atoms with Gasteiger partial charge >= 0.3 is 0 Å². The first-order valence-electron chi connectivity index (χ1n) is 5.73. The topological polar surface area (TPSA) is 55.2 Å². The SMILES string of the molecule is O=S(=O)(c1cnn(CCCCl)c1)N1CCCC1. The molecule has 0 unspecified atom stereocenters. The molecule has 7 heteroatoms. The van der Waals surface area contributed by atoms with Crippen LogP contribution in [0.25, 0.3) is 0 Å². The number of nitrogens with zero attached hydrogens (tertiary/aromatic N) is 3. The van der Waals surface area contributed by atoms with Crippen LogP contribution in [0.5, 0.6) is 0 Å². The average molecular weight is 278 g/mol. The normalized spacial score (nSPS) is 17.7. The monoisotopic (exact) mass is 277 g/mol. The number of hydrogen-bond acceptors (Lipinski definition) is 3. The molecule has 1 aliphatic rings. The highest BCUT2D eigenvalue weighted by Crippen LogP contribution is 2.20. The summed E-state index contributed by atoms with van der Waals surface area (Å²) in [4.78, 5) is 0.286. The molecule has 0 aromatic carbocycles. The smallest absolute Gasteiger partial charge is 0.246 e. The molecular weight excluding hydrogens is 262 g/mol. The molecule has 96 valence electrons. The number of alkyl halides is 1. The second kappa shape index (κ2) is 5.37. The van der Waals surface area contributed by atoms with Gasteiger partial charge < -0.3 is 0 Å². The molecule has 0 radical (unpaired) electrons. The van der Waals surface area contributed by atoms with Crippen LogP contribution in [-0.2, 0) is 16.6 Å². The largest absolute Gasteiger partial charge is 0.271 e. The van der Waals surface area contributed by atoms with E-state index in [-0.39, 0.29) is 4.90 Å². The third-order valence-electron chi connectivity index (χ3n) is 2.83. The van der Waals surface area contributed by atoms with E-state index in [4.69, 9.17) is 11.6 Å². The van der Waals surface area contributed by atoms with Crippen molar-refractivity contribution < 1.29 is 8.42 Å². The van der Waals surface area contributed by atoms with Crippen molar-refractivity contribution in [2.75, 3.05) is 19.0 Å². The lowest BCUT2D eigenvalue weighted by atomic mass is 10.4. The van der Waals surface area contributed by atoms with Crippen molar-refractivity contribution in [3.8, 4) is 0 Å². The lowest BCUT2D eigenvalue weighted by molar-refractivity contribution is 0.477. The van der Waals surface area contributed by atoms with Crippen molar-refractivity contribution in [3.63, 3.8) is 0 Å². The van der Waals surface area contributed by atoms with Gasteiger partial charge in [0, 0.05) is 31.7 Å². The summed E-state index contributed by atoms with van der Waals surface area (Å²) in [5.41, 5.74) is 0. The summed E-state index contributed by atoms with van der Waals surface area (Å²) in [5, 5.41) is 4.04. The molecule has 1 aromatic heterocycles. The Bertz CT molecular complexity index is 466. The van der Waals surface area contributed by atoms with Gasteiger partial charge in [-0.05, 0) is 19.3 Å². The van der Waals surface area contributed by atoms with E-state index in [1.165, 1.54) is 10.5 Å². The zero-order valence-electron chi connectivity index (χ0n) is 9.55. The van der Waals surface area contributed by atoms with Gasteiger partial charge in [-0.15, -0.1) is 11.6 Å². The van der Waals surface area contributed by atoms with Gasteiger partial charge in [-0.1, -0.05) is 0 Å². The maximum absolute atomic E-state index is 12.2. The van der Waals surface area contributed by atoms with Crippen LogP contribution in [0, 0.1) is 0 Å². The Morgan fingerprint density at radius 2 is 2.06 bits per heavy atom. The number of aryl methyl sites for hydroxylation is 1. The van der Waals surface area contributed by atoms with Crippen LogP contribution in [0.1, 0.15) is 19.3 Å². The van der Waals surface area contributed by atoms with Crippen LogP contribution in [-0.4, -0.2) is 41.5 Å². The summed E-state index contributed by atoms with van der Waals surface area (Å²) >= 11 is 5.58. The van der Waals surface area contributed by atoms with Gasteiger partial charge in [0.1, 0.15) is 4.90 Å². The third-order valence-corrected chi connectivity index (χ3v) is 4.95. The van der Waals surface area contributed by atoms with E-state index >= 15 is 0 Å². The molecule has 5 nitrogen and oxygen atoms in total. The van der Waals surface area contributed by atoms with Gasteiger partial charge in [0.15, 0.2) is 0 Å². The summed E-state index contributed by atoms with van der Waals surface area (Å²) < 4.78 is 27.5. The zero-order valence-corrected chi connectivity index (χ0v) is 11.1. The van der Waals surface area contributed by atoms with Crippen LogP contribution in [0.2, 0.25) is 0 Å². The van der Waals surface area contributed by atoms with E-state index in [1.54, 1.807) is 10.9 Å². The molecule has 1 saturated heterocycles. The molecule has 0 saturated carbocycles. The Balaban J connectivity index is 2.13. The predicted molar refractivity (Wildman–Crippen MR) is 65.6 cm³/mol. The van der Waals surface area contributed by atoms with Crippen LogP contribution in [0.4, 0.5) is 0 Å². The standard InChI is InChI=1S/C10H16ClN3O2S/c11-4-3-5-13-9-10(8-12-13)17(15,16)14-6-1-2-7-14/h8-9H,1-7H2. The molecule has 1 fully saturated rings. The van der Waals surface area contributed by atoms with E-state index in [2.05, 4.69) is 5.10 Å². The highest BCUT2D eigenvalue weighted by atomic mass is 35.5. The minimum absolute atomic E-state index is 0.286. The fourth-order valence-corrected chi connectivity index (χ4v) is 3.49. The first-order chi connectivity index (χ1) is 8.14. The second-order valence-electron chi connectivity index (χ2n) is 4.09. The fourth-order valence-electron chi connectivity index (χ4n) is 1.90. The van der Waals surface area contributed by atoms with E-state index < -0.39 is 10.0 Å². The number of sulfonamides is 1. The van der Waals surface area contributed by atoms with Gasteiger partial charge in [-0.2, -0.15) is 9.40 Å². The quantitative estimate of drug-likeness (QED) is 0.762. The summed E-state index contributed by atoms with van der Waals surface area (Å²) in [6.45, 7) is 1.89. The van der Waals surface area contributed by atoms with Gasteiger partial charge in [0.05, 0.1) is 6.20 Å². The molecule has 0 aliphatic carbocycles. The molecule has 0 N–H and O–H groups in total. The number of hydrogen-bond donors (Lipinski definition) is 0. The lowest BCUT2D eigenvalue weighted by Gasteiger charge is -2.13. The summed E-state index contributed by atoms with van der Waals surface area (Å²) in [6, 6.07) is 0. The highest BCUT2D eigenvalue weighted by Gasteiger charge is 2.28. The summed E-state index contributed by atoms with van der Waals surface area (Å²) in [5.74, 6) is 0.550. The Kier molecular flexibility index (Phi) is 4.06. The Morgan fingerprint density at radius 3 is 2.71 bits per heavy atom. The molecule has 2 rings (SSSR count). The number of rotatable bonds is 5. The predicted octanol–water partition coefficient (Wildman–Crippen LogP) is 1.30. The third kappa shape index (κ3) is 2.81. The van der Waals surface area contributed by atoms with Crippen molar-refractivity contribution >= 4 is 21.6 Å². The highest BCUT2D eigenvalue weighted by molar-refractivity contribution is 7.89. The van der Waals surface area contributed by atoms with Crippen molar-refractivity contribution in [1.29, 1.82) is 0 Å².